The summed E-state index contributed by atoms with van der Waals surface area (Å²) in [4.78, 5) is 2.88. The number of aromatic amines is 1. The first-order valence-electron chi connectivity index (χ1n) is 4.17. The highest BCUT2D eigenvalue weighted by molar-refractivity contribution is 5.79. The molecule has 0 aliphatic heterocycles. The van der Waals surface area contributed by atoms with Gasteiger partial charge in [0, 0.05) is 11.7 Å². The lowest BCUT2D eigenvalue weighted by Gasteiger charge is -2.05. The molecule has 0 amide bonds. The third-order valence-electron chi connectivity index (χ3n) is 2.02. The molecule has 0 aliphatic carbocycles. The Balaban J connectivity index is 2.35. The van der Waals surface area contributed by atoms with Gasteiger partial charge >= 0.3 is 6.18 Å². The van der Waals surface area contributed by atoms with Crippen LogP contribution in [0.25, 0.3) is 10.9 Å². The van der Waals surface area contributed by atoms with Crippen molar-refractivity contribution in [1.29, 1.82) is 0 Å². The number of benzene rings is 1. The van der Waals surface area contributed by atoms with Crippen molar-refractivity contribution in [2.45, 2.75) is 12.6 Å². The topological polar surface area (TPSA) is 15.8 Å². The van der Waals surface area contributed by atoms with Crippen LogP contribution in [0.1, 0.15) is 5.56 Å². The number of alkyl halides is 3. The van der Waals surface area contributed by atoms with E-state index in [1.807, 2.05) is 6.07 Å². The van der Waals surface area contributed by atoms with E-state index >= 15 is 0 Å². The molecule has 4 heteroatoms. The predicted octanol–water partition coefficient (Wildman–Crippen LogP) is 3.27. The maximum absolute atomic E-state index is 12.1. The van der Waals surface area contributed by atoms with Crippen LogP contribution in [-0.2, 0) is 6.42 Å². The van der Waals surface area contributed by atoms with Crippen molar-refractivity contribution in [3.8, 4) is 0 Å². The van der Waals surface area contributed by atoms with E-state index in [0.29, 0.717) is 0 Å². The van der Waals surface area contributed by atoms with Crippen molar-refractivity contribution in [2.24, 2.45) is 0 Å². The highest BCUT2D eigenvalue weighted by Gasteiger charge is 2.27. The summed E-state index contributed by atoms with van der Waals surface area (Å²) < 4.78 is 36.2. The van der Waals surface area contributed by atoms with Gasteiger partial charge in [0.1, 0.15) is 0 Å². The van der Waals surface area contributed by atoms with Crippen molar-refractivity contribution in [1.82, 2.24) is 4.98 Å². The molecule has 1 heterocycles. The molecule has 0 radical (unpaired) electrons. The Hall–Kier alpha value is -1.45. The van der Waals surface area contributed by atoms with Gasteiger partial charge < -0.3 is 4.98 Å². The Morgan fingerprint density at radius 1 is 1.14 bits per heavy atom. The normalized spacial score (nSPS) is 12.2. The largest absolute Gasteiger partial charge is 0.393 e. The molecular formula is C10H8F3N. The first kappa shape index (κ1) is 9.12. The number of hydrogen-bond donors (Lipinski definition) is 1. The molecule has 1 aromatic carbocycles. The Morgan fingerprint density at radius 3 is 2.64 bits per heavy atom. The van der Waals surface area contributed by atoms with Gasteiger partial charge in [0.2, 0.25) is 0 Å². The van der Waals surface area contributed by atoms with Crippen LogP contribution in [0.4, 0.5) is 13.2 Å². The predicted molar refractivity (Wildman–Crippen MR) is 48.1 cm³/mol. The van der Waals surface area contributed by atoms with Crippen LogP contribution >= 0.6 is 0 Å². The molecule has 1 N–H and O–H groups in total. The van der Waals surface area contributed by atoms with E-state index in [4.69, 9.17) is 0 Å². The van der Waals surface area contributed by atoms with E-state index in [1.54, 1.807) is 12.3 Å². The molecule has 0 spiro atoms. The average molecular weight is 199 g/mol. The van der Waals surface area contributed by atoms with E-state index in [9.17, 15) is 13.2 Å². The fourth-order valence-corrected chi connectivity index (χ4v) is 1.44. The zero-order valence-electron chi connectivity index (χ0n) is 7.23. The molecule has 2 rings (SSSR count). The minimum atomic E-state index is -4.14. The highest BCUT2D eigenvalue weighted by Crippen LogP contribution is 2.23. The van der Waals surface area contributed by atoms with Crippen LogP contribution in [-0.4, -0.2) is 11.2 Å². The van der Waals surface area contributed by atoms with Crippen molar-refractivity contribution < 1.29 is 13.2 Å². The van der Waals surface area contributed by atoms with Gasteiger partial charge in [0.05, 0.1) is 6.42 Å². The van der Waals surface area contributed by atoms with Gasteiger partial charge in [-0.15, -0.1) is 0 Å². The van der Waals surface area contributed by atoms with Crippen molar-refractivity contribution in [3.05, 3.63) is 36.0 Å². The SMILES string of the molecule is FC(F)(F)Cc1ccc2cc[nH]c2c1. The Bertz CT molecular complexity index is 442. The second-order valence-corrected chi connectivity index (χ2v) is 3.19. The van der Waals surface area contributed by atoms with Crippen LogP contribution in [0.2, 0.25) is 0 Å². The quantitative estimate of drug-likeness (QED) is 0.725. The van der Waals surface area contributed by atoms with Gasteiger partial charge in [0.25, 0.3) is 0 Å². The molecule has 0 fully saturated rings. The van der Waals surface area contributed by atoms with E-state index in [0.717, 1.165) is 10.9 Å². The van der Waals surface area contributed by atoms with E-state index < -0.39 is 12.6 Å². The van der Waals surface area contributed by atoms with Gasteiger partial charge in [-0.05, 0) is 23.1 Å². The summed E-state index contributed by atoms with van der Waals surface area (Å²) >= 11 is 0. The summed E-state index contributed by atoms with van der Waals surface area (Å²) in [6.45, 7) is 0. The van der Waals surface area contributed by atoms with Crippen LogP contribution in [0.5, 0.6) is 0 Å². The average Bonchev–Trinajstić information content (AvgIpc) is 2.47. The molecule has 74 valence electrons. The van der Waals surface area contributed by atoms with Crippen molar-refractivity contribution in [3.63, 3.8) is 0 Å². The van der Waals surface area contributed by atoms with Crippen LogP contribution < -0.4 is 0 Å². The molecule has 2 aromatic rings. The standard InChI is InChI=1S/C10H8F3N/c11-10(12,13)6-7-1-2-8-3-4-14-9(8)5-7/h1-5,14H,6H2. The zero-order valence-corrected chi connectivity index (χ0v) is 7.23. The summed E-state index contributed by atoms with van der Waals surface area (Å²) in [5.74, 6) is 0. The maximum atomic E-state index is 12.1. The minimum absolute atomic E-state index is 0.285. The fraction of sp³-hybridized carbons (Fsp3) is 0.200. The molecule has 14 heavy (non-hydrogen) atoms. The number of hydrogen-bond acceptors (Lipinski definition) is 0. The van der Waals surface area contributed by atoms with Crippen LogP contribution in [0.3, 0.4) is 0 Å². The lowest BCUT2D eigenvalue weighted by Crippen LogP contribution is -2.11. The van der Waals surface area contributed by atoms with Crippen molar-refractivity contribution in [2.75, 3.05) is 0 Å². The first-order valence-corrected chi connectivity index (χ1v) is 4.17. The number of H-pyrrole nitrogens is 1. The second kappa shape index (κ2) is 3.04. The van der Waals surface area contributed by atoms with E-state index in [1.165, 1.54) is 12.1 Å². The molecule has 0 bridgehead atoms. The summed E-state index contributed by atoms with van der Waals surface area (Å²) in [7, 11) is 0. The number of aromatic nitrogens is 1. The van der Waals surface area contributed by atoms with Crippen molar-refractivity contribution >= 4 is 10.9 Å². The Kier molecular flexibility index (Phi) is 1.98. The summed E-state index contributed by atoms with van der Waals surface area (Å²) in [6, 6.07) is 6.55. The van der Waals surface area contributed by atoms with E-state index in [-0.39, 0.29) is 5.56 Å². The highest BCUT2D eigenvalue weighted by atomic mass is 19.4. The summed E-state index contributed by atoms with van der Waals surface area (Å²) in [5, 5.41) is 0.927. The first-order chi connectivity index (χ1) is 6.54. The Morgan fingerprint density at radius 2 is 1.93 bits per heavy atom. The van der Waals surface area contributed by atoms with Gasteiger partial charge in [-0.2, -0.15) is 13.2 Å². The number of rotatable bonds is 1. The van der Waals surface area contributed by atoms with Gasteiger partial charge in [-0.25, -0.2) is 0 Å². The van der Waals surface area contributed by atoms with Gasteiger partial charge in [0.15, 0.2) is 0 Å². The fourth-order valence-electron chi connectivity index (χ4n) is 1.44. The molecule has 0 atom stereocenters. The third-order valence-corrected chi connectivity index (χ3v) is 2.02. The second-order valence-electron chi connectivity index (χ2n) is 3.19. The Labute approximate surface area is 78.5 Å². The summed E-state index contributed by atoms with van der Waals surface area (Å²) in [5.41, 5.74) is 1.03. The molecule has 0 unspecified atom stereocenters. The number of fused-ring (bicyclic) bond motifs is 1. The summed E-state index contributed by atoms with van der Waals surface area (Å²) in [6.07, 6.45) is -3.30. The molecule has 1 aromatic heterocycles. The smallest absolute Gasteiger partial charge is 0.361 e. The monoisotopic (exact) mass is 199 g/mol. The lowest BCUT2D eigenvalue weighted by atomic mass is 10.1. The van der Waals surface area contributed by atoms with Gasteiger partial charge in [-0.3, -0.25) is 0 Å². The molecule has 1 nitrogen and oxygen atoms in total. The third kappa shape index (κ3) is 1.89. The van der Waals surface area contributed by atoms with Crippen LogP contribution in [0, 0.1) is 0 Å². The molecule has 0 saturated carbocycles. The number of halogens is 3. The zero-order chi connectivity index (χ0) is 10.2. The lowest BCUT2D eigenvalue weighted by molar-refractivity contribution is -0.127. The van der Waals surface area contributed by atoms with Gasteiger partial charge in [-0.1, -0.05) is 12.1 Å². The van der Waals surface area contributed by atoms with E-state index in [2.05, 4.69) is 4.98 Å². The molecular weight excluding hydrogens is 191 g/mol. The molecule has 0 aliphatic rings. The maximum Gasteiger partial charge on any atom is 0.393 e. The van der Waals surface area contributed by atoms with Crippen LogP contribution in [0.15, 0.2) is 30.5 Å². The minimum Gasteiger partial charge on any atom is -0.361 e. The molecule has 0 saturated heterocycles. The number of nitrogens with one attached hydrogen (secondary N) is 1.